The zero-order chi connectivity index (χ0) is 24.5. The molecule has 1 aliphatic carbocycles. The molecule has 0 aromatic heterocycles. The predicted octanol–water partition coefficient (Wildman–Crippen LogP) is 9.55. The van der Waals surface area contributed by atoms with Crippen LogP contribution in [0, 0.1) is 17.7 Å². The lowest BCUT2D eigenvalue weighted by atomic mass is 9.76. The standard InChI is InChI=1S/C32H45FOSi/c1-3-5-6-21-35-22-19-26(20-23-35)8-7-25-9-11-27(12-10-25)28-13-15-29(16-14-28)30-17-18-32(34-4-2)31(33)24-30/h3,13-18,24-27,35H,1,4-12,19-23H2,2H3. The van der Waals surface area contributed by atoms with Crippen LogP contribution < -0.4 is 4.74 Å². The summed E-state index contributed by atoms with van der Waals surface area (Å²) >= 11 is 0. The number of unbranched alkanes of at least 4 members (excludes halogenated alkanes) is 1. The second kappa shape index (κ2) is 13.4. The smallest absolute Gasteiger partial charge is 0.165 e. The van der Waals surface area contributed by atoms with Gasteiger partial charge in [-0.1, -0.05) is 86.6 Å². The van der Waals surface area contributed by atoms with Gasteiger partial charge in [-0.15, -0.1) is 6.58 Å². The van der Waals surface area contributed by atoms with Gasteiger partial charge in [0.1, 0.15) is 0 Å². The maximum absolute atomic E-state index is 14.3. The SMILES string of the molecule is C=CCCC[SiH]1CCC(CCC2CCC(c3ccc(-c4ccc(OCC)c(F)c4)cc3)CC2)CC1. The Morgan fingerprint density at radius 2 is 1.57 bits per heavy atom. The van der Waals surface area contributed by atoms with Gasteiger partial charge >= 0.3 is 0 Å². The minimum Gasteiger partial charge on any atom is -0.491 e. The normalized spacial score (nSPS) is 24.7. The van der Waals surface area contributed by atoms with Crippen LogP contribution in [0.5, 0.6) is 5.75 Å². The second-order valence-corrected chi connectivity index (χ2v) is 14.6. The summed E-state index contributed by atoms with van der Waals surface area (Å²) in [6, 6.07) is 18.9. The molecule has 0 bridgehead atoms. The van der Waals surface area contributed by atoms with E-state index in [1.807, 2.05) is 13.0 Å². The number of rotatable bonds is 11. The summed E-state index contributed by atoms with van der Waals surface area (Å²) in [7, 11) is -0.403. The molecular weight excluding hydrogens is 447 g/mol. The van der Waals surface area contributed by atoms with Crippen molar-refractivity contribution in [1.82, 2.24) is 0 Å². The largest absolute Gasteiger partial charge is 0.491 e. The summed E-state index contributed by atoms with van der Waals surface area (Å²) in [5.41, 5.74) is 3.44. The molecule has 0 spiro atoms. The molecule has 0 N–H and O–H groups in total. The van der Waals surface area contributed by atoms with Crippen LogP contribution in [-0.4, -0.2) is 15.4 Å². The van der Waals surface area contributed by atoms with Crippen LogP contribution in [0.4, 0.5) is 4.39 Å². The van der Waals surface area contributed by atoms with E-state index in [2.05, 4.69) is 36.9 Å². The second-order valence-electron chi connectivity index (χ2n) is 11.1. The summed E-state index contributed by atoms with van der Waals surface area (Å²) in [5, 5.41) is 0. The Bertz CT molecular complexity index is 908. The lowest BCUT2D eigenvalue weighted by Gasteiger charge is -2.32. The molecule has 2 aromatic rings. The average molecular weight is 493 g/mol. The third-order valence-corrected chi connectivity index (χ3v) is 12.3. The molecule has 0 unspecified atom stereocenters. The first-order chi connectivity index (χ1) is 17.2. The van der Waals surface area contributed by atoms with Crippen molar-refractivity contribution in [3.05, 3.63) is 66.5 Å². The zero-order valence-corrected chi connectivity index (χ0v) is 23.0. The summed E-state index contributed by atoms with van der Waals surface area (Å²) in [6.07, 6.45) is 16.2. The first-order valence-corrected chi connectivity index (χ1v) is 16.7. The van der Waals surface area contributed by atoms with Crippen molar-refractivity contribution in [3.8, 4) is 16.9 Å². The third kappa shape index (κ3) is 7.55. The number of halogens is 1. The Balaban J connectivity index is 1.19. The van der Waals surface area contributed by atoms with Crippen molar-refractivity contribution < 1.29 is 9.13 Å². The third-order valence-electron chi connectivity index (χ3n) is 8.76. The maximum atomic E-state index is 14.3. The lowest BCUT2D eigenvalue weighted by molar-refractivity contribution is 0.280. The first-order valence-electron chi connectivity index (χ1n) is 14.3. The minimum atomic E-state index is -0.403. The summed E-state index contributed by atoms with van der Waals surface area (Å²) in [5.74, 6) is 2.70. The molecule has 2 aliphatic rings. The van der Waals surface area contributed by atoms with Crippen molar-refractivity contribution in [3.63, 3.8) is 0 Å². The van der Waals surface area contributed by atoms with Crippen LogP contribution in [0.2, 0.25) is 18.1 Å². The highest BCUT2D eigenvalue weighted by Crippen LogP contribution is 2.40. The highest BCUT2D eigenvalue weighted by molar-refractivity contribution is 6.58. The van der Waals surface area contributed by atoms with E-state index in [-0.39, 0.29) is 5.82 Å². The summed E-state index contributed by atoms with van der Waals surface area (Å²) in [6.45, 7) is 6.22. The Morgan fingerprint density at radius 1 is 0.914 bits per heavy atom. The van der Waals surface area contributed by atoms with Crippen molar-refractivity contribution in [2.75, 3.05) is 6.61 Å². The molecule has 1 saturated heterocycles. The van der Waals surface area contributed by atoms with Gasteiger partial charge in [0.2, 0.25) is 0 Å². The van der Waals surface area contributed by atoms with Crippen molar-refractivity contribution in [2.45, 2.75) is 95.2 Å². The molecule has 0 atom stereocenters. The Labute approximate surface area is 214 Å². The fourth-order valence-electron chi connectivity index (χ4n) is 6.52. The number of hydrogen-bond acceptors (Lipinski definition) is 1. The van der Waals surface area contributed by atoms with Gasteiger partial charge in [0, 0.05) is 8.80 Å². The van der Waals surface area contributed by atoms with Gasteiger partial charge in [0.05, 0.1) is 6.61 Å². The van der Waals surface area contributed by atoms with Gasteiger partial charge in [0.15, 0.2) is 11.6 Å². The van der Waals surface area contributed by atoms with Crippen LogP contribution in [0.1, 0.15) is 82.6 Å². The molecule has 0 amide bonds. The molecule has 190 valence electrons. The summed E-state index contributed by atoms with van der Waals surface area (Å²) in [4.78, 5) is 0. The van der Waals surface area contributed by atoms with E-state index in [1.54, 1.807) is 30.3 Å². The van der Waals surface area contributed by atoms with E-state index >= 15 is 0 Å². The summed E-state index contributed by atoms with van der Waals surface area (Å²) < 4.78 is 19.6. The molecule has 1 heterocycles. The fourth-order valence-corrected chi connectivity index (χ4v) is 10.1. The van der Waals surface area contributed by atoms with E-state index in [1.165, 1.54) is 69.8 Å². The zero-order valence-electron chi connectivity index (χ0n) is 21.8. The van der Waals surface area contributed by atoms with E-state index in [0.29, 0.717) is 18.3 Å². The molecule has 2 fully saturated rings. The van der Waals surface area contributed by atoms with Gasteiger partial charge in [-0.3, -0.25) is 0 Å². The van der Waals surface area contributed by atoms with Crippen molar-refractivity contribution >= 4 is 8.80 Å². The van der Waals surface area contributed by atoms with Gasteiger partial charge in [-0.25, -0.2) is 4.39 Å². The molecule has 0 radical (unpaired) electrons. The maximum Gasteiger partial charge on any atom is 0.165 e. The van der Waals surface area contributed by atoms with Gasteiger partial charge in [0.25, 0.3) is 0 Å². The van der Waals surface area contributed by atoms with Crippen molar-refractivity contribution in [2.24, 2.45) is 11.8 Å². The molecular formula is C32H45FOSi. The van der Waals surface area contributed by atoms with Crippen LogP contribution in [0.3, 0.4) is 0 Å². The van der Waals surface area contributed by atoms with Crippen LogP contribution in [0.15, 0.2) is 55.1 Å². The van der Waals surface area contributed by atoms with E-state index in [4.69, 9.17) is 4.74 Å². The average Bonchev–Trinajstić information content (AvgIpc) is 2.90. The van der Waals surface area contributed by atoms with Gasteiger partial charge < -0.3 is 4.74 Å². The van der Waals surface area contributed by atoms with Gasteiger partial charge in [-0.05, 0) is 85.6 Å². The predicted molar refractivity (Wildman–Crippen MR) is 151 cm³/mol. The molecule has 1 saturated carbocycles. The topological polar surface area (TPSA) is 9.23 Å². The minimum absolute atomic E-state index is 0.287. The number of allylic oxidation sites excluding steroid dienone is 1. The van der Waals surface area contributed by atoms with Crippen LogP contribution in [-0.2, 0) is 0 Å². The van der Waals surface area contributed by atoms with E-state index in [9.17, 15) is 4.39 Å². The van der Waals surface area contributed by atoms with Crippen LogP contribution >= 0.6 is 0 Å². The molecule has 2 aromatic carbocycles. The quantitative estimate of drug-likeness (QED) is 0.172. The van der Waals surface area contributed by atoms with Gasteiger partial charge in [-0.2, -0.15) is 0 Å². The number of ether oxygens (including phenoxy) is 1. The van der Waals surface area contributed by atoms with E-state index < -0.39 is 8.80 Å². The molecule has 35 heavy (non-hydrogen) atoms. The molecule has 1 nitrogen and oxygen atoms in total. The molecule has 1 aliphatic heterocycles. The molecule has 4 rings (SSSR count). The van der Waals surface area contributed by atoms with Crippen LogP contribution in [0.25, 0.3) is 11.1 Å². The highest BCUT2D eigenvalue weighted by Gasteiger charge is 2.25. The monoisotopic (exact) mass is 492 g/mol. The lowest BCUT2D eigenvalue weighted by Crippen LogP contribution is -2.22. The van der Waals surface area contributed by atoms with Crippen molar-refractivity contribution in [1.29, 1.82) is 0 Å². The Kier molecular flexibility index (Phi) is 10.1. The molecule has 3 heteroatoms. The Hall–Kier alpha value is -1.87. The number of benzene rings is 2. The fraction of sp³-hybridized carbons (Fsp3) is 0.562. The van der Waals surface area contributed by atoms with E-state index in [0.717, 1.165) is 23.0 Å². The highest BCUT2D eigenvalue weighted by atomic mass is 28.3. The first kappa shape index (κ1) is 26.2. The number of hydrogen-bond donors (Lipinski definition) is 0. The Morgan fingerprint density at radius 3 is 2.20 bits per heavy atom.